The molecule has 0 atom stereocenters. The highest BCUT2D eigenvalue weighted by molar-refractivity contribution is 6.04. The van der Waals surface area contributed by atoms with Crippen molar-refractivity contribution in [2.24, 2.45) is 0 Å². The molecule has 0 fully saturated rings. The number of hydrogen-bond acceptors (Lipinski definition) is 3. The van der Waals surface area contributed by atoms with Gasteiger partial charge in [0.05, 0.1) is 0 Å². The van der Waals surface area contributed by atoms with E-state index in [4.69, 9.17) is 11.5 Å². The van der Waals surface area contributed by atoms with Gasteiger partial charge in [0.1, 0.15) is 11.3 Å². The van der Waals surface area contributed by atoms with E-state index in [1.165, 1.54) is 30.3 Å². The van der Waals surface area contributed by atoms with Crippen molar-refractivity contribution >= 4 is 17.6 Å². The van der Waals surface area contributed by atoms with E-state index in [0.29, 0.717) is 11.1 Å². The Balaban J connectivity index is 2.17. The van der Waals surface area contributed by atoms with Crippen LogP contribution in [-0.4, -0.2) is 22.1 Å². The Morgan fingerprint density at radius 3 is 2.29 bits per heavy atom. The Kier molecular flexibility index (Phi) is 3.91. The van der Waals surface area contributed by atoms with Crippen molar-refractivity contribution < 1.29 is 19.8 Å². The van der Waals surface area contributed by atoms with E-state index in [1.54, 1.807) is 12.1 Å². The summed E-state index contributed by atoms with van der Waals surface area (Å²) >= 11 is 0. The zero-order chi connectivity index (χ0) is 15.4. The highest BCUT2D eigenvalue weighted by atomic mass is 16.4. The molecule has 0 heterocycles. The highest BCUT2D eigenvalue weighted by Gasteiger charge is 2.11. The maximum atomic E-state index is 12.0. The van der Waals surface area contributed by atoms with Crippen LogP contribution < -0.4 is 5.32 Å². The molecule has 5 nitrogen and oxygen atoms in total. The molecule has 103 valence electrons. The van der Waals surface area contributed by atoms with Gasteiger partial charge in [-0.1, -0.05) is 5.92 Å². The fourth-order valence-electron chi connectivity index (χ4n) is 1.70. The number of benzene rings is 2. The van der Waals surface area contributed by atoms with Crippen molar-refractivity contribution in [3.05, 3.63) is 65.6 Å². The predicted octanol–water partition coefficient (Wildman–Crippen LogP) is 2.28. The predicted molar refractivity (Wildman–Crippen MR) is 75.7 cm³/mol. The van der Waals surface area contributed by atoms with E-state index in [2.05, 4.69) is 11.2 Å². The van der Waals surface area contributed by atoms with Crippen LogP contribution in [0.15, 0.2) is 42.5 Å². The van der Waals surface area contributed by atoms with Gasteiger partial charge in [-0.15, -0.1) is 0 Å². The van der Waals surface area contributed by atoms with Gasteiger partial charge in [0.2, 0.25) is 0 Å². The largest absolute Gasteiger partial charge is 0.507 e. The number of carbonyl (C=O) groups is 2. The number of aromatic hydroxyl groups is 1. The first-order chi connectivity index (χ1) is 10.0. The first kappa shape index (κ1) is 14.2. The maximum absolute atomic E-state index is 12.0. The molecule has 0 bridgehead atoms. The second kappa shape index (κ2) is 5.80. The molecule has 0 aliphatic carbocycles. The molecule has 0 aliphatic heterocycles. The van der Waals surface area contributed by atoms with Crippen molar-refractivity contribution in [1.82, 2.24) is 0 Å². The number of hydrogen-bond donors (Lipinski definition) is 3. The van der Waals surface area contributed by atoms with Gasteiger partial charge < -0.3 is 15.5 Å². The van der Waals surface area contributed by atoms with E-state index in [1.807, 2.05) is 0 Å². The standard InChI is InChI=1S/C16H10NO4/c1-2-10-3-5-11(6-4-10)15(19)17-12-7-8-13(16(20)21)14(18)9-12/h3-9,18H,(H,17,19)(H,20,21). The second-order valence-electron chi connectivity index (χ2n) is 4.19. The summed E-state index contributed by atoms with van der Waals surface area (Å²) in [5.74, 6) is 0.120. The monoisotopic (exact) mass is 280 g/mol. The molecular weight excluding hydrogens is 270 g/mol. The number of anilines is 1. The molecule has 0 unspecified atom stereocenters. The minimum Gasteiger partial charge on any atom is -0.507 e. The number of carbonyl (C=O) groups excluding carboxylic acids is 1. The third-order valence-corrected chi connectivity index (χ3v) is 2.78. The summed E-state index contributed by atoms with van der Waals surface area (Å²) in [5.41, 5.74) is 0.967. The van der Waals surface area contributed by atoms with Crippen LogP contribution in [0.4, 0.5) is 5.69 Å². The smallest absolute Gasteiger partial charge is 0.339 e. The Morgan fingerprint density at radius 1 is 1.10 bits per heavy atom. The van der Waals surface area contributed by atoms with Gasteiger partial charge in [0.15, 0.2) is 0 Å². The molecule has 2 aromatic carbocycles. The van der Waals surface area contributed by atoms with Crippen LogP contribution in [0, 0.1) is 12.3 Å². The molecule has 0 aliphatic rings. The summed E-state index contributed by atoms with van der Waals surface area (Å²) in [4.78, 5) is 22.7. The molecule has 0 spiro atoms. The zero-order valence-corrected chi connectivity index (χ0v) is 10.8. The van der Waals surface area contributed by atoms with Crippen LogP contribution in [0.25, 0.3) is 0 Å². The fraction of sp³-hybridized carbons (Fsp3) is 0. The lowest BCUT2D eigenvalue weighted by Crippen LogP contribution is -2.12. The lowest BCUT2D eigenvalue weighted by molar-refractivity contribution is 0.0693. The van der Waals surface area contributed by atoms with Crippen LogP contribution in [-0.2, 0) is 0 Å². The molecule has 0 saturated carbocycles. The van der Waals surface area contributed by atoms with Gasteiger partial charge in [-0.05, 0) is 42.8 Å². The quantitative estimate of drug-likeness (QED) is 0.753. The van der Waals surface area contributed by atoms with Gasteiger partial charge >= 0.3 is 5.97 Å². The zero-order valence-electron chi connectivity index (χ0n) is 10.8. The Hall–Kier alpha value is -3.26. The lowest BCUT2D eigenvalue weighted by Gasteiger charge is -2.07. The molecular formula is C16H10NO4. The molecule has 2 rings (SSSR count). The van der Waals surface area contributed by atoms with Gasteiger partial charge in [-0.25, -0.2) is 4.79 Å². The molecule has 0 saturated heterocycles. The summed E-state index contributed by atoms with van der Waals surface area (Å²) in [7, 11) is 0. The number of amides is 1. The van der Waals surface area contributed by atoms with Crippen LogP contribution in [0.5, 0.6) is 5.75 Å². The molecule has 0 aromatic heterocycles. The van der Waals surface area contributed by atoms with Crippen LogP contribution in [0.2, 0.25) is 0 Å². The minimum absolute atomic E-state index is 0.237. The van der Waals surface area contributed by atoms with Crippen molar-refractivity contribution in [3.63, 3.8) is 0 Å². The number of phenols is 1. The average molecular weight is 280 g/mol. The molecule has 5 heteroatoms. The van der Waals surface area contributed by atoms with Gasteiger partial charge in [0.25, 0.3) is 5.91 Å². The molecule has 1 radical (unpaired) electrons. The summed E-state index contributed by atoms with van der Waals surface area (Å²) in [6, 6.07) is 10.00. The minimum atomic E-state index is -1.25. The number of aromatic carboxylic acids is 1. The molecule has 2 aromatic rings. The van der Waals surface area contributed by atoms with E-state index in [-0.39, 0.29) is 11.3 Å². The summed E-state index contributed by atoms with van der Waals surface area (Å²) < 4.78 is 0. The van der Waals surface area contributed by atoms with Crippen LogP contribution in [0.3, 0.4) is 0 Å². The topological polar surface area (TPSA) is 86.6 Å². The Labute approximate surface area is 120 Å². The Bertz CT molecular complexity index is 742. The second-order valence-corrected chi connectivity index (χ2v) is 4.19. The summed E-state index contributed by atoms with van der Waals surface area (Å²) in [6.07, 6.45) is 6.95. The molecule has 21 heavy (non-hydrogen) atoms. The highest BCUT2D eigenvalue weighted by Crippen LogP contribution is 2.22. The normalized spacial score (nSPS) is 9.67. The first-order valence-electron chi connectivity index (χ1n) is 5.91. The average Bonchev–Trinajstić information content (AvgIpc) is 2.47. The van der Waals surface area contributed by atoms with E-state index in [0.717, 1.165) is 0 Å². The third-order valence-electron chi connectivity index (χ3n) is 2.78. The van der Waals surface area contributed by atoms with Crippen molar-refractivity contribution in [1.29, 1.82) is 0 Å². The SMILES string of the molecule is [C]#Cc1ccc(C(=O)Nc2ccc(C(=O)O)c(O)c2)cc1. The van der Waals surface area contributed by atoms with Gasteiger partial charge in [0, 0.05) is 22.9 Å². The van der Waals surface area contributed by atoms with Crippen LogP contribution >= 0.6 is 0 Å². The number of carboxylic acid groups (broad SMARTS) is 1. The first-order valence-corrected chi connectivity index (χ1v) is 5.91. The van der Waals surface area contributed by atoms with Crippen molar-refractivity contribution in [3.8, 4) is 11.7 Å². The maximum Gasteiger partial charge on any atom is 0.339 e. The van der Waals surface area contributed by atoms with Crippen molar-refractivity contribution in [2.45, 2.75) is 0 Å². The van der Waals surface area contributed by atoms with Gasteiger partial charge in [-0.2, -0.15) is 0 Å². The summed E-state index contributed by atoms with van der Waals surface area (Å²) in [5, 5.41) is 20.9. The fourth-order valence-corrected chi connectivity index (χ4v) is 1.70. The van der Waals surface area contributed by atoms with E-state index >= 15 is 0 Å². The van der Waals surface area contributed by atoms with E-state index in [9.17, 15) is 14.7 Å². The number of carboxylic acids is 1. The molecule has 3 N–H and O–H groups in total. The Morgan fingerprint density at radius 2 is 1.76 bits per heavy atom. The third kappa shape index (κ3) is 3.19. The summed E-state index contributed by atoms with van der Waals surface area (Å²) in [6.45, 7) is 0. The van der Waals surface area contributed by atoms with Crippen molar-refractivity contribution in [2.75, 3.05) is 5.32 Å². The lowest BCUT2D eigenvalue weighted by atomic mass is 10.1. The number of rotatable bonds is 3. The van der Waals surface area contributed by atoms with Crippen LogP contribution in [0.1, 0.15) is 26.3 Å². The number of nitrogens with one attached hydrogen (secondary N) is 1. The van der Waals surface area contributed by atoms with Gasteiger partial charge in [-0.3, -0.25) is 4.79 Å². The molecule has 1 amide bonds. The van der Waals surface area contributed by atoms with E-state index < -0.39 is 17.6 Å².